The molecule has 1 aromatic heterocycles. The van der Waals surface area contributed by atoms with Gasteiger partial charge in [0.2, 0.25) is 0 Å². The second-order valence-electron chi connectivity index (χ2n) is 4.91. The van der Waals surface area contributed by atoms with E-state index in [9.17, 15) is 4.79 Å². The first-order valence-corrected chi connectivity index (χ1v) is 7.60. The summed E-state index contributed by atoms with van der Waals surface area (Å²) in [6.07, 6.45) is 2.79. The molecule has 0 saturated heterocycles. The number of carbonyl (C=O) groups excluding carboxylic acids is 1. The number of fused-ring (bicyclic) bond motifs is 1. The third kappa shape index (κ3) is 3.26. The van der Waals surface area contributed by atoms with E-state index in [0.29, 0.717) is 16.5 Å². The molecule has 1 heterocycles. The van der Waals surface area contributed by atoms with Crippen molar-refractivity contribution in [3.05, 3.63) is 64.3 Å². The van der Waals surface area contributed by atoms with Crippen LogP contribution in [-0.4, -0.2) is 11.0 Å². The van der Waals surface area contributed by atoms with Gasteiger partial charge in [0.05, 0.1) is 11.4 Å². The highest BCUT2D eigenvalue weighted by atomic mass is 35.5. The van der Waals surface area contributed by atoms with Gasteiger partial charge in [-0.2, -0.15) is 0 Å². The number of rotatable bonds is 4. The summed E-state index contributed by atoms with van der Waals surface area (Å²) >= 11 is 11.8. The number of halogens is 2. The molecule has 112 valence electrons. The minimum atomic E-state index is -0.338. The molecule has 0 atom stereocenters. The number of nitrogens with one attached hydrogen (secondary N) is 1. The number of carbonyl (C=O) groups is 1. The Hall–Kier alpha value is -1.97. The molecule has 3 aromatic rings. The number of benzene rings is 2. The van der Waals surface area contributed by atoms with Crippen LogP contribution >= 0.6 is 23.2 Å². The largest absolute Gasteiger partial charge is 0.425 e. The van der Waals surface area contributed by atoms with Crippen molar-refractivity contribution in [2.45, 2.75) is 12.8 Å². The van der Waals surface area contributed by atoms with Gasteiger partial charge in [-0.25, -0.2) is 0 Å². The predicted molar refractivity (Wildman–Crippen MR) is 88.7 cm³/mol. The van der Waals surface area contributed by atoms with Crippen molar-refractivity contribution < 1.29 is 9.53 Å². The van der Waals surface area contributed by atoms with Crippen LogP contribution in [0.25, 0.3) is 10.9 Å². The average molecular weight is 334 g/mol. The summed E-state index contributed by atoms with van der Waals surface area (Å²) < 4.78 is 5.27. The van der Waals surface area contributed by atoms with Gasteiger partial charge in [-0.3, -0.25) is 4.79 Å². The highest BCUT2D eigenvalue weighted by Crippen LogP contribution is 2.28. The average Bonchev–Trinajstić information content (AvgIpc) is 2.92. The first kappa shape index (κ1) is 14.9. The molecule has 0 bridgehead atoms. The van der Waals surface area contributed by atoms with Crippen LogP contribution in [0.15, 0.2) is 48.7 Å². The van der Waals surface area contributed by atoms with Gasteiger partial charge in [-0.15, -0.1) is 0 Å². The maximum Gasteiger partial charge on any atom is 0.311 e. The predicted octanol–water partition coefficient (Wildman–Crippen LogP) is 5.01. The molecule has 3 nitrogen and oxygen atoms in total. The molecule has 2 aromatic carbocycles. The van der Waals surface area contributed by atoms with E-state index >= 15 is 0 Å². The van der Waals surface area contributed by atoms with Crippen LogP contribution in [0.3, 0.4) is 0 Å². The molecule has 0 aliphatic carbocycles. The minimum Gasteiger partial charge on any atom is -0.425 e. The Balaban J connectivity index is 1.66. The molecular formula is C17H13Cl2NO2. The lowest BCUT2D eigenvalue weighted by molar-refractivity contribution is -0.134. The Morgan fingerprint density at radius 1 is 1.14 bits per heavy atom. The summed E-state index contributed by atoms with van der Waals surface area (Å²) in [6, 6.07) is 12.8. The van der Waals surface area contributed by atoms with Crippen LogP contribution in [0, 0.1) is 0 Å². The molecule has 5 heteroatoms. The summed E-state index contributed by atoms with van der Waals surface area (Å²) in [4.78, 5) is 15.2. The second kappa shape index (κ2) is 6.42. The van der Waals surface area contributed by atoms with E-state index in [0.717, 1.165) is 16.5 Å². The first-order chi connectivity index (χ1) is 10.6. The molecule has 0 aliphatic rings. The van der Waals surface area contributed by atoms with Crippen molar-refractivity contribution in [3.63, 3.8) is 0 Å². The van der Waals surface area contributed by atoms with Crippen LogP contribution in [0.4, 0.5) is 0 Å². The van der Waals surface area contributed by atoms with Gasteiger partial charge < -0.3 is 9.72 Å². The highest BCUT2D eigenvalue weighted by molar-refractivity contribution is 6.34. The topological polar surface area (TPSA) is 42.1 Å². The van der Waals surface area contributed by atoms with Gasteiger partial charge >= 0.3 is 5.97 Å². The Morgan fingerprint density at radius 2 is 1.95 bits per heavy atom. The van der Waals surface area contributed by atoms with E-state index in [-0.39, 0.29) is 18.1 Å². The molecule has 0 spiro atoms. The van der Waals surface area contributed by atoms with Gasteiger partial charge in [0.1, 0.15) is 0 Å². The molecule has 0 unspecified atom stereocenters. The van der Waals surface area contributed by atoms with Gasteiger partial charge in [0, 0.05) is 28.2 Å². The lowest BCUT2D eigenvalue weighted by Gasteiger charge is -2.06. The lowest BCUT2D eigenvalue weighted by Crippen LogP contribution is -2.09. The SMILES string of the molecule is O=C(CCc1c[nH]c2ccccc12)Oc1cc(Cl)ccc1Cl. The quantitative estimate of drug-likeness (QED) is 0.538. The summed E-state index contributed by atoms with van der Waals surface area (Å²) in [5, 5.41) is 1.96. The van der Waals surface area contributed by atoms with Crippen LogP contribution in [0.2, 0.25) is 10.0 Å². The zero-order valence-corrected chi connectivity index (χ0v) is 13.1. The molecule has 0 amide bonds. The van der Waals surface area contributed by atoms with Gasteiger partial charge in [0.15, 0.2) is 5.75 Å². The number of ether oxygens (including phenoxy) is 1. The first-order valence-electron chi connectivity index (χ1n) is 6.84. The zero-order chi connectivity index (χ0) is 15.5. The summed E-state index contributed by atoms with van der Waals surface area (Å²) in [5.74, 6) is -0.0486. The monoisotopic (exact) mass is 333 g/mol. The fraction of sp³-hybridized carbons (Fsp3) is 0.118. The van der Waals surface area contributed by atoms with Crippen LogP contribution in [-0.2, 0) is 11.2 Å². The number of hydrogen-bond acceptors (Lipinski definition) is 2. The minimum absolute atomic E-state index is 0.269. The van der Waals surface area contributed by atoms with Crippen LogP contribution < -0.4 is 4.74 Å². The molecule has 0 aliphatic heterocycles. The third-order valence-corrected chi connectivity index (χ3v) is 3.94. The van der Waals surface area contributed by atoms with Crippen LogP contribution in [0.1, 0.15) is 12.0 Å². The van der Waals surface area contributed by atoms with Crippen molar-refractivity contribution >= 4 is 40.1 Å². The number of aryl methyl sites for hydroxylation is 1. The Labute approximate surface area is 137 Å². The molecule has 22 heavy (non-hydrogen) atoms. The Kier molecular flexibility index (Phi) is 4.36. The maximum atomic E-state index is 12.0. The second-order valence-corrected chi connectivity index (χ2v) is 5.75. The Bertz CT molecular complexity index is 826. The van der Waals surface area contributed by atoms with E-state index in [2.05, 4.69) is 4.98 Å². The lowest BCUT2D eigenvalue weighted by atomic mass is 10.1. The number of para-hydroxylation sites is 1. The number of hydrogen-bond donors (Lipinski definition) is 1. The maximum absolute atomic E-state index is 12.0. The third-order valence-electron chi connectivity index (χ3n) is 3.39. The van der Waals surface area contributed by atoms with E-state index < -0.39 is 0 Å². The molecule has 0 saturated carbocycles. The number of aromatic amines is 1. The fourth-order valence-corrected chi connectivity index (χ4v) is 2.62. The van der Waals surface area contributed by atoms with Gasteiger partial charge in [-0.1, -0.05) is 41.4 Å². The summed E-state index contributed by atoms with van der Waals surface area (Å²) in [6.45, 7) is 0. The molecule has 3 rings (SSSR count). The van der Waals surface area contributed by atoms with E-state index in [4.69, 9.17) is 27.9 Å². The normalized spacial score (nSPS) is 10.8. The van der Waals surface area contributed by atoms with Crippen molar-refractivity contribution in [2.75, 3.05) is 0 Å². The fourth-order valence-electron chi connectivity index (χ4n) is 2.30. The molecule has 0 radical (unpaired) electrons. The van der Waals surface area contributed by atoms with Crippen molar-refractivity contribution in [1.82, 2.24) is 4.98 Å². The van der Waals surface area contributed by atoms with Crippen molar-refractivity contribution in [2.24, 2.45) is 0 Å². The van der Waals surface area contributed by atoms with E-state index in [1.807, 2.05) is 30.5 Å². The van der Waals surface area contributed by atoms with Crippen molar-refractivity contribution in [1.29, 1.82) is 0 Å². The van der Waals surface area contributed by atoms with E-state index in [1.54, 1.807) is 12.1 Å². The van der Waals surface area contributed by atoms with E-state index in [1.165, 1.54) is 6.07 Å². The van der Waals surface area contributed by atoms with Gasteiger partial charge in [0.25, 0.3) is 0 Å². The van der Waals surface area contributed by atoms with Crippen LogP contribution in [0.5, 0.6) is 5.75 Å². The summed E-state index contributed by atoms with van der Waals surface area (Å²) in [7, 11) is 0. The number of aromatic nitrogens is 1. The molecule has 0 fully saturated rings. The smallest absolute Gasteiger partial charge is 0.311 e. The van der Waals surface area contributed by atoms with Crippen molar-refractivity contribution in [3.8, 4) is 5.75 Å². The molecule has 1 N–H and O–H groups in total. The number of H-pyrrole nitrogens is 1. The zero-order valence-electron chi connectivity index (χ0n) is 11.6. The van der Waals surface area contributed by atoms with Gasteiger partial charge in [-0.05, 0) is 30.2 Å². The molecular weight excluding hydrogens is 321 g/mol. The summed E-state index contributed by atoms with van der Waals surface area (Å²) in [5.41, 5.74) is 2.15. The standard InChI is InChI=1S/C17H13Cl2NO2/c18-12-6-7-14(19)16(9-12)22-17(21)8-5-11-10-20-15-4-2-1-3-13(11)15/h1-4,6-7,9-10,20H,5,8H2. The highest BCUT2D eigenvalue weighted by Gasteiger charge is 2.11. The Morgan fingerprint density at radius 3 is 2.82 bits per heavy atom. The number of esters is 1.